The summed E-state index contributed by atoms with van der Waals surface area (Å²) in [5.41, 5.74) is 6.62. The molecule has 0 bridgehead atoms. The summed E-state index contributed by atoms with van der Waals surface area (Å²) in [7, 11) is 0. The van der Waals surface area contributed by atoms with Crippen LogP contribution in [0, 0.1) is 5.82 Å². The van der Waals surface area contributed by atoms with Crippen molar-refractivity contribution in [1.29, 1.82) is 0 Å². The van der Waals surface area contributed by atoms with E-state index in [9.17, 15) is 4.39 Å². The molecule has 0 aliphatic carbocycles. The molecule has 3 aromatic heterocycles. The van der Waals surface area contributed by atoms with Gasteiger partial charge in [0.2, 0.25) is 5.88 Å². The fourth-order valence-corrected chi connectivity index (χ4v) is 3.81. The maximum absolute atomic E-state index is 13.9. The average Bonchev–Trinajstić information content (AvgIpc) is 3.18. The molecule has 0 fully saturated rings. The van der Waals surface area contributed by atoms with E-state index in [0.717, 1.165) is 20.1 Å². The molecular formula is C15H9FN4OS2. The number of thiophene rings is 1. The predicted octanol–water partition coefficient (Wildman–Crippen LogP) is 4.33. The van der Waals surface area contributed by atoms with Crippen LogP contribution in [0.25, 0.3) is 20.1 Å². The van der Waals surface area contributed by atoms with E-state index in [-0.39, 0.29) is 5.75 Å². The Balaban J connectivity index is 1.78. The number of hydrogen-bond acceptors (Lipinski definition) is 7. The zero-order valence-corrected chi connectivity index (χ0v) is 13.2. The molecule has 8 heteroatoms. The van der Waals surface area contributed by atoms with Crippen LogP contribution in [0.3, 0.4) is 0 Å². The molecule has 0 atom stereocenters. The number of benzene rings is 1. The molecule has 0 spiro atoms. The molecule has 4 aromatic rings. The van der Waals surface area contributed by atoms with E-state index in [1.54, 1.807) is 23.6 Å². The fraction of sp³-hybridized carbons (Fsp3) is 0. The minimum atomic E-state index is -0.534. The molecule has 3 heterocycles. The van der Waals surface area contributed by atoms with Crippen LogP contribution in [0.4, 0.5) is 10.1 Å². The molecule has 4 rings (SSSR count). The second kappa shape index (κ2) is 5.56. The first-order valence-electron chi connectivity index (χ1n) is 6.58. The molecule has 114 valence electrons. The van der Waals surface area contributed by atoms with Crippen molar-refractivity contribution < 1.29 is 9.13 Å². The maximum atomic E-state index is 13.9. The number of nitrogen functional groups attached to an aromatic ring is 1. The number of aromatic nitrogens is 3. The van der Waals surface area contributed by atoms with Crippen LogP contribution in [0.15, 0.2) is 42.2 Å². The van der Waals surface area contributed by atoms with E-state index in [2.05, 4.69) is 15.0 Å². The first kappa shape index (κ1) is 14.0. The van der Waals surface area contributed by atoms with Crippen LogP contribution in [0.1, 0.15) is 0 Å². The van der Waals surface area contributed by atoms with E-state index in [1.807, 2.05) is 11.4 Å². The Bertz CT molecular complexity index is 984. The number of nitrogens with zero attached hydrogens (tertiary/aromatic N) is 3. The van der Waals surface area contributed by atoms with Gasteiger partial charge in [-0.2, -0.15) is 0 Å². The summed E-state index contributed by atoms with van der Waals surface area (Å²) >= 11 is 3.00. The van der Waals surface area contributed by atoms with Gasteiger partial charge in [-0.05, 0) is 18.2 Å². The van der Waals surface area contributed by atoms with Gasteiger partial charge >= 0.3 is 0 Å². The Morgan fingerprint density at radius 2 is 2.04 bits per heavy atom. The molecule has 23 heavy (non-hydrogen) atoms. The summed E-state index contributed by atoms with van der Waals surface area (Å²) in [5.74, 6) is -0.150. The minimum absolute atomic E-state index is 0.0726. The monoisotopic (exact) mass is 344 g/mol. The molecule has 0 radical (unpaired) electrons. The molecule has 2 N–H and O–H groups in total. The van der Waals surface area contributed by atoms with Crippen LogP contribution in [0.5, 0.6) is 11.6 Å². The third-order valence-corrected chi connectivity index (χ3v) is 5.14. The van der Waals surface area contributed by atoms with E-state index >= 15 is 0 Å². The first-order valence-corrected chi connectivity index (χ1v) is 8.27. The molecule has 0 aliphatic rings. The molecular weight excluding hydrogens is 335 g/mol. The third kappa shape index (κ3) is 2.62. The van der Waals surface area contributed by atoms with Crippen molar-refractivity contribution in [3.63, 3.8) is 0 Å². The van der Waals surface area contributed by atoms with Crippen LogP contribution >= 0.6 is 22.7 Å². The summed E-state index contributed by atoms with van der Waals surface area (Å²) in [4.78, 5) is 13.6. The number of ether oxygens (including phenoxy) is 1. The van der Waals surface area contributed by atoms with Gasteiger partial charge in [-0.1, -0.05) is 0 Å². The third-order valence-electron chi connectivity index (χ3n) is 3.08. The Hall–Kier alpha value is -2.58. The molecule has 0 amide bonds. The van der Waals surface area contributed by atoms with E-state index in [0.29, 0.717) is 11.6 Å². The van der Waals surface area contributed by atoms with Gasteiger partial charge in [-0.15, -0.1) is 22.7 Å². The van der Waals surface area contributed by atoms with Crippen LogP contribution in [0.2, 0.25) is 0 Å². The number of halogens is 1. The number of thiazole rings is 1. The summed E-state index contributed by atoms with van der Waals surface area (Å²) in [6.07, 6.45) is 3.14. The number of nitrogens with two attached hydrogens (primary N) is 1. The highest BCUT2D eigenvalue weighted by atomic mass is 32.1. The number of hydrogen-bond donors (Lipinski definition) is 1. The van der Waals surface area contributed by atoms with Crippen molar-refractivity contribution in [2.75, 3.05) is 5.73 Å². The standard InChI is InChI=1S/C15H9FN4OS2/c16-9-5-8(17)1-2-11(9)21-14-13-10(19-7-20-14)6-12(23-13)15-18-3-4-22-15/h1-7H,17H2. The lowest BCUT2D eigenvalue weighted by Gasteiger charge is -2.06. The summed E-state index contributed by atoms with van der Waals surface area (Å²) in [5, 5.41) is 2.81. The van der Waals surface area contributed by atoms with Gasteiger partial charge in [0.1, 0.15) is 16.0 Å². The lowest BCUT2D eigenvalue weighted by Crippen LogP contribution is -1.93. The van der Waals surface area contributed by atoms with Crippen LogP contribution in [-0.4, -0.2) is 15.0 Å². The lowest BCUT2D eigenvalue weighted by atomic mass is 10.3. The molecule has 0 aliphatic heterocycles. The number of rotatable bonds is 3. The van der Waals surface area contributed by atoms with Crippen molar-refractivity contribution >= 4 is 38.6 Å². The van der Waals surface area contributed by atoms with E-state index in [1.165, 1.54) is 29.8 Å². The largest absolute Gasteiger partial charge is 0.434 e. The lowest BCUT2D eigenvalue weighted by molar-refractivity contribution is 0.432. The molecule has 1 aromatic carbocycles. The van der Waals surface area contributed by atoms with Gasteiger partial charge in [0, 0.05) is 23.3 Å². The smallest absolute Gasteiger partial charge is 0.240 e. The van der Waals surface area contributed by atoms with Crippen molar-refractivity contribution in [3.05, 3.63) is 48.0 Å². The summed E-state index contributed by atoms with van der Waals surface area (Å²) in [6, 6.07) is 6.19. The Morgan fingerprint density at radius 1 is 1.13 bits per heavy atom. The fourth-order valence-electron chi connectivity index (χ4n) is 2.06. The second-order valence-corrected chi connectivity index (χ2v) is 6.58. The second-order valence-electron chi connectivity index (χ2n) is 4.63. The average molecular weight is 344 g/mol. The number of anilines is 1. The van der Waals surface area contributed by atoms with Gasteiger partial charge < -0.3 is 10.5 Å². The first-order chi connectivity index (χ1) is 11.2. The van der Waals surface area contributed by atoms with E-state index < -0.39 is 5.82 Å². The predicted molar refractivity (Wildman–Crippen MR) is 89.4 cm³/mol. The Kier molecular flexibility index (Phi) is 3.40. The highest BCUT2D eigenvalue weighted by Crippen LogP contribution is 2.38. The Labute approximate surface area is 138 Å². The Morgan fingerprint density at radius 3 is 2.83 bits per heavy atom. The van der Waals surface area contributed by atoms with Crippen LogP contribution in [-0.2, 0) is 0 Å². The normalized spacial score (nSPS) is 11.0. The van der Waals surface area contributed by atoms with Crippen LogP contribution < -0.4 is 10.5 Å². The summed E-state index contributed by atoms with van der Waals surface area (Å²) < 4.78 is 20.3. The van der Waals surface area contributed by atoms with Crippen molar-refractivity contribution in [2.45, 2.75) is 0 Å². The van der Waals surface area contributed by atoms with Crippen molar-refractivity contribution in [2.24, 2.45) is 0 Å². The van der Waals surface area contributed by atoms with Gasteiger partial charge in [-0.3, -0.25) is 0 Å². The SMILES string of the molecule is Nc1ccc(Oc2ncnc3cc(-c4nccs4)sc23)c(F)c1. The quantitative estimate of drug-likeness (QED) is 0.560. The van der Waals surface area contributed by atoms with Gasteiger partial charge in [0.05, 0.1) is 10.4 Å². The highest BCUT2D eigenvalue weighted by Gasteiger charge is 2.14. The zero-order chi connectivity index (χ0) is 15.8. The molecule has 0 saturated heterocycles. The molecule has 5 nitrogen and oxygen atoms in total. The summed E-state index contributed by atoms with van der Waals surface area (Å²) in [6.45, 7) is 0. The highest BCUT2D eigenvalue weighted by molar-refractivity contribution is 7.25. The van der Waals surface area contributed by atoms with Gasteiger partial charge in [0.25, 0.3) is 0 Å². The zero-order valence-electron chi connectivity index (χ0n) is 11.6. The molecule has 0 unspecified atom stereocenters. The van der Waals surface area contributed by atoms with Gasteiger partial charge in [0.15, 0.2) is 11.6 Å². The van der Waals surface area contributed by atoms with Crippen molar-refractivity contribution in [1.82, 2.24) is 15.0 Å². The minimum Gasteiger partial charge on any atom is -0.434 e. The van der Waals surface area contributed by atoms with Crippen molar-refractivity contribution in [3.8, 4) is 21.5 Å². The topological polar surface area (TPSA) is 73.9 Å². The maximum Gasteiger partial charge on any atom is 0.240 e. The molecule has 0 saturated carbocycles. The number of fused-ring (bicyclic) bond motifs is 1. The van der Waals surface area contributed by atoms with Gasteiger partial charge in [-0.25, -0.2) is 19.3 Å². The van der Waals surface area contributed by atoms with E-state index in [4.69, 9.17) is 10.5 Å².